The first-order valence-electron chi connectivity index (χ1n) is 7.81. The zero-order chi connectivity index (χ0) is 16.8. The van der Waals surface area contributed by atoms with Crippen molar-refractivity contribution >= 4 is 22.9 Å². The van der Waals surface area contributed by atoms with Crippen LogP contribution in [0.25, 0.3) is 10.8 Å². The summed E-state index contributed by atoms with van der Waals surface area (Å²) in [5.74, 6) is 0.562. The summed E-state index contributed by atoms with van der Waals surface area (Å²) < 4.78 is 10.8. The van der Waals surface area contributed by atoms with Crippen molar-refractivity contribution in [2.45, 2.75) is 13.3 Å². The Morgan fingerprint density at radius 3 is 2.88 bits per heavy atom. The Hall–Kier alpha value is -3.08. The molecule has 122 valence electrons. The van der Waals surface area contributed by atoms with Crippen molar-refractivity contribution in [3.63, 3.8) is 0 Å². The van der Waals surface area contributed by atoms with E-state index in [-0.39, 0.29) is 5.76 Å². The zero-order valence-electron chi connectivity index (χ0n) is 13.4. The highest BCUT2D eigenvalue weighted by Crippen LogP contribution is 2.26. The highest BCUT2D eigenvalue weighted by atomic mass is 16.5. The van der Waals surface area contributed by atoms with Gasteiger partial charge in [0, 0.05) is 5.56 Å². The molecule has 0 bridgehead atoms. The van der Waals surface area contributed by atoms with Crippen LogP contribution in [-0.2, 0) is 0 Å². The Morgan fingerprint density at radius 2 is 2.08 bits per heavy atom. The molecule has 24 heavy (non-hydrogen) atoms. The number of ether oxygens (including phenoxy) is 1. The molecule has 3 rings (SSSR count). The molecule has 0 unspecified atom stereocenters. The van der Waals surface area contributed by atoms with Gasteiger partial charge in [0.1, 0.15) is 5.75 Å². The summed E-state index contributed by atoms with van der Waals surface area (Å²) in [4.78, 5) is 11.9. The van der Waals surface area contributed by atoms with Crippen molar-refractivity contribution in [3.8, 4) is 5.75 Å². The summed E-state index contributed by atoms with van der Waals surface area (Å²) in [7, 11) is 0. The fourth-order valence-electron chi connectivity index (χ4n) is 2.36. The molecular weight excluding hydrogens is 304 g/mol. The Labute approximate surface area is 139 Å². The van der Waals surface area contributed by atoms with Crippen LogP contribution in [0, 0.1) is 0 Å². The van der Waals surface area contributed by atoms with E-state index in [1.807, 2.05) is 36.4 Å². The zero-order valence-corrected chi connectivity index (χ0v) is 13.4. The van der Waals surface area contributed by atoms with Crippen molar-refractivity contribution in [1.29, 1.82) is 0 Å². The van der Waals surface area contributed by atoms with Gasteiger partial charge in [-0.15, -0.1) is 0 Å². The van der Waals surface area contributed by atoms with Crippen LogP contribution < -0.4 is 10.2 Å². The Balaban J connectivity index is 1.88. The first kappa shape index (κ1) is 15.8. The number of benzene rings is 2. The Bertz CT molecular complexity index is 854. The van der Waals surface area contributed by atoms with E-state index in [0.717, 1.165) is 28.5 Å². The molecule has 0 aliphatic carbocycles. The van der Waals surface area contributed by atoms with Gasteiger partial charge in [-0.3, -0.25) is 4.79 Å². The summed E-state index contributed by atoms with van der Waals surface area (Å²) in [5, 5.41) is 6.15. The molecule has 1 N–H and O–H groups in total. The third-order valence-electron chi connectivity index (χ3n) is 3.50. The number of furan rings is 1. The summed E-state index contributed by atoms with van der Waals surface area (Å²) in [6.07, 6.45) is 3.97. The molecule has 1 heterocycles. The van der Waals surface area contributed by atoms with Gasteiger partial charge >= 0.3 is 5.91 Å². The smallest absolute Gasteiger partial charge is 0.307 e. The molecule has 0 radical (unpaired) electrons. The fraction of sp³-hybridized carbons (Fsp3) is 0.158. The molecule has 0 fully saturated rings. The number of hydrazone groups is 1. The molecule has 1 amide bonds. The third-order valence-corrected chi connectivity index (χ3v) is 3.50. The molecule has 0 spiro atoms. The molecule has 0 atom stereocenters. The van der Waals surface area contributed by atoms with Crippen LogP contribution in [0.5, 0.6) is 5.75 Å². The van der Waals surface area contributed by atoms with Crippen LogP contribution in [0.3, 0.4) is 0 Å². The van der Waals surface area contributed by atoms with E-state index in [0.29, 0.717) is 6.61 Å². The van der Waals surface area contributed by atoms with E-state index < -0.39 is 5.91 Å². The third kappa shape index (κ3) is 3.46. The van der Waals surface area contributed by atoms with E-state index in [2.05, 4.69) is 17.5 Å². The number of nitrogens with one attached hydrogen (secondary N) is 1. The van der Waals surface area contributed by atoms with Gasteiger partial charge in [0.2, 0.25) is 0 Å². The number of hydrogen-bond donors (Lipinski definition) is 1. The van der Waals surface area contributed by atoms with Crippen molar-refractivity contribution < 1.29 is 13.9 Å². The largest absolute Gasteiger partial charge is 0.493 e. The van der Waals surface area contributed by atoms with Crippen molar-refractivity contribution in [1.82, 2.24) is 5.43 Å². The predicted octanol–water partition coefficient (Wildman–Crippen LogP) is 3.99. The van der Waals surface area contributed by atoms with Gasteiger partial charge in [-0.25, -0.2) is 5.43 Å². The lowest BCUT2D eigenvalue weighted by Crippen LogP contribution is -2.16. The summed E-state index contributed by atoms with van der Waals surface area (Å²) >= 11 is 0. The summed E-state index contributed by atoms with van der Waals surface area (Å²) in [5.41, 5.74) is 3.30. The molecule has 0 aliphatic heterocycles. The lowest BCUT2D eigenvalue weighted by atomic mass is 10.0. The number of carbonyl (C=O) groups excluding carboxylic acids is 1. The number of nitrogens with zero attached hydrogens (tertiary/aromatic N) is 1. The standard InChI is InChI=1S/C19H18N2O3/c1-2-11-23-17-10-9-14-6-3-4-7-15(14)16(17)13-20-21-19(22)18-8-5-12-24-18/h3-10,12-13H,2,11H2,1H3,(H,21,22)/b20-13+. The molecule has 0 saturated heterocycles. The van der Waals surface area contributed by atoms with E-state index in [1.165, 1.54) is 6.26 Å². The van der Waals surface area contributed by atoms with E-state index in [1.54, 1.807) is 18.3 Å². The molecule has 0 saturated carbocycles. The van der Waals surface area contributed by atoms with E-state index in [4.69, 9.17) is 9.15 Å². The van der Waals surface area contributed by atoms with E-state index in [9.17, 15) is 4.79 Å². The van der Waals surface area contributed by atoms with E-state index >= 15 is 0 Å². The second kappa shape index (κ2) is 7.46. The van der Waals surface area contributed by atoms with Gasteiger partial charge in [-0.05, 0) is 35.4 Å². The first-order valence-corrected chi connectivity index (χ1v) is 7.81. The van der Waals surface area contributed by atoms with Gasteiger partial charge in [0.25, 0.3) is 0 Å². The monoisotopic (exact) mass is 322 g/mol. The van der Waals surface area contributed by atoms with Crippen LogP contribution in [0.4, 0.5) is 0 Å². The topological polar surface area (TPSA) is 63.8 Å². The Kier molecular flexibility index (Phi) is 4.91. The minimum absolute atomic E-state index is 0.215. The number of carbonyl (C=O) groups is 1. The highest BCUT2D eigenvalue weighted by Gasteiger charge is 2.09. The summed E-state index contributed by atoms with van der Waals surface area (Å²) in [6.45, 7) is 2.68. The second-order valence-corrected chi connectivity index (χ2v) is 5.22. The average molecular weight is 322 g/mol. The van der Waals surface area contributed by atoms with Crippen LogP contribution in [0.1, 0.15) is 29.5 Å². The number of fused-ring (bicyclic) bond motifs is 1. The minimum atomic E-state index is -0.396. The number of rotatable bonds is 6. The maximum Gasteiger partial charge on any atom is 0.307 e. The maximum atomic E-state index is 11.9. The van der Waals surface area contributed by atoms with Crippen LogP contribution in [0.15, 0.2) is 64.3 Å². The van der Waals surface area contributed by atoms with Crippen LogP contribution >= 0.6 is 0 Å². The molecule has 2 aromatic carbocycles. The predicted molar refractivity (Wildman–Crippen MR) is 93.5 cm³/mol. The number of hydrogen-bond acceptors (Lipinski definition) is 4. The van der Waals surface area contributed by atoms with Crippen molar-refractivity contribution in [3.05, 3.63) is 66.1 Å². The highest BCUT2D eigenvalue weighted by molar-refractivity contribution is 6.03. The maximum absolute atomic E-state index is 11.9. The normalized spacial score (nSPS) is 11.0. The van der Waals surface area contributed by atoms with Crippen molar-refractivity contribution in [2.75, 3.05) is 6.61 Å². The van der Waals surface area contributed by atoms with Crippen LogP contribution in [-0.4, -0.2) is 18.7 Å². The molecule has 3 aromatic rings. The SMILES string of the molecule is CCCOc1ccc2ccccc2c1/C=N/NC(=O)c1ccco1. The molecular formula is C19H18N2O3. The minimum Gasteiger partial charge on any atom is -0.493 e. The lowest BCUT2D eigenvalue weighted by Gasteiger charge is -2.11. The van der Waals surface area contributed by atoms with Gasteiger partial charge < -0.3 is 9.15 Å². The summed E-state index contributed by atoms with van der Waals surface area (Å²) in [6, 6.07) is 15.1. The molecule has 0 aliphatic rings. The molecule has 5 nitrogen and oxygen atoms in total. The molecule has 5 heteroatoms. The lowest BCUT2D eigenvalue weighted by molar-refractivity contribution is 0.0927. The van der Waals surface area contributed by atoms with Crippen molar-refractivity contribution in [2.24, 2.45) is 5.10 Å². The fourth-order valence-corrected chi connectivity index (χ4v) is 2.36. The van der Waals surface area contributed by atoms with Gasteiger partial charge in [0.05, 0.1) is 19.1 Å². The molecule has 1 aromatic heterocycles. The second-order valence-electron chi connectivity index (χ2n) is 5.22. The Morgan fingerprint density at radius 1 is 1.21 bits per heavy atom. The number of amides is 1. The van der Waals surface area contributed by atoms with Crippen LogP contribution in [0.2, 0.25) is 0 Å². The van der Waals surface area contributed by atoms with Gasteiger partial charge in [0.15, 0.2) is 5.76 Å². The first-order chi connectivity index (χ1) is 11.8. The van der Waals surface area contributed by atoms with Gasteiger partial charge in [-0.2, -0.15) is 5.10 Å². The van der Waals surface area contributed by atoms with Gasteiger partial charge in [-0.1, -0.05) is 37.3 Å². The quantitative estimate of drug-likeness (QED) is 0.551. The average Bonchev–Trinajstić information content (AvgIpc) is 3.15.